The van der Waals surface area contributed by atoms with E-state index >= 15 is 0 Å². The number of hydrogen-bond acceptors (Lipinski definition) is 6. The maximum absolute atomic E-state index is 11.6. The van der Waals surface area contributed by atoms with Crippen molar-refractivity contribution in [1.29, 1.82) is 5.26 Å². The topological polar surface area (TPSA) is 128 Å². The lowest BCUT2D eigenvalue weighted by atomic mass is 10.2. The van der Waals surface area contributed by atoms with Gasteiger partial charge in [0.05, 0.1) is 12.7 Å². The number of aliphatic hydroxyl groups is 2. The summed E-state index contributed by atoms with van der Waals surface area (Å²) >= 11 is 0. The molecule has 0 aromatic carbocycles. The molecule has 0 amide bonds. The van der Waals surface area contributed by atoms with Gasteiger partial charge in [-0.25, -0.2) is 4.79 Å². The van der Waals surface area contributed by atoms with Crippen molar-refractivity contribution in [2.24, 2.45) is 0 Å². The first-order chi connectivity index (χ1) is 8.56. The van der Waals surface area contributed by atoms with Crippen molar-refractivity contribution >= 4 is 0 Å². The van der Waals surface area contributed by atoms with Gasteiger partial charge in [0.1, 0.15) is 17.7 Å². The lowest BCUT2D eigenvalue weighted by Gasteiger charge is -2.16. The van der Waals surface area contributed by atoms with Crippen molar-refractivity contribution in [2.45, 2.75) is 24.9 Å². The van der Waals surface area contributed by atoms with Gasteiger partial charge in [0, 0.05) is 12.6 Å². The van der Waals surface area contributed by atoms with Crippen molar-refractivity contribution in [2.75, 3.05) is 6.61 Å². The van der Waals surface area contributed by atoms with E-state index in [0.29, 0.717) is 0 Å². The van der Waals surface area contributed by atoms with Crippen LogP contribution in [0.15, 0.2) is 15.8 Å². The SMILES string of the molecule is N#Cc1cn([C@@H]2O[C@H](CO)C[C@H]2O)c(=O)[nH]c1=O. The summed E-state index contributed by atoms with van der Waals surface area (Å²) in [5, 5.41) is 27.4. The standard InChI is InChI=1S/C10H11N3O5/c11-2-5-3-13(10(17)12-8(5)16)9-7(15)1-6(4-14)18-9/h3,6-7,9,14-15H,1,4H2,(H,12,16,17)/t6-,7+,9+/m0/s1. The van der Waals surface area contributed by atoms with Gasteiger partial charge in [0.15, 0.2) is 6.23 Å². The van der Waals surface area contributed by atoms with Gasteiger partial charge in [-0.1, -0.05) is 0 Å². The highest BCUT2D eigenvalue weighted by molar-refractivity contribution is 5.21. The lowest BCUT2D eigenvalue weighted by Crippen LogP contribution is -2.36. The lowest BCUT2D eigenvalue weighted by molar-refractivity contribution is -0.0531. The summed E-state index contributed by atoms with van der Waals surface area (Å²) in [6.07, 6.45) is -1.37. The first-order valence-electron chi connectivity index (χ1n) is 5.26. The Morgan fingerprint density at radius 3 is 2.89 bits per heavy atom. The number of nitrogens with zero attached hydrogens (tertiary/aromatic N) is 2. The summed E-state index contributed by atoms with van der Waals surface area (Å²) in [6.45, 7) is -0.281. The zero-order chi connectivity index (χ0) is 13.3. The molecule has 3 atom stereocenters. The Balaban J connectivity index is 2.43. The predicted molar refractivity (Wildman–Crippen MR) is 57.7 cm³/mol. The molecule has 0 radical (unpaired) electrons. The molecule has 1 aliphatic rings. The molecule has 8 nitrogen and oxygen atoms in total. The van der Waals surface area contributed by atoms with Gasteiger partial charge >= 0.3 is 5.69 Å². The molecule has 2 rings (SSSR count). The molecule has 0 unspecified atom stereocenters. The van der Waals surface area contributed by atoms with E-state index in [1.165, 1.54) is 0 Å². The van der Waals surface area contributed by atoms with Gasteiger partial charge < -0.3 is 14.9 Å². The van der Waals surface area contributed by atoms with E-state index in [2.05, 4.69) is 0 Å². The van der Waals surface area contributed by atoms with Crippen molar-refractivity contribution in [1.82, 2.24) is 9.55 Å². The number of rotatable bonds is 2. The minimum Gasteiger partial charge on any atom is -0.394 e. The quantitative estimate of drug-likeness (QED) is 0.562. The van der Waals surface area contributed by atoms with Crippen molar-refractivity contribution in [3.8, 4) is 6.07 Å². The molecule has 1 saturated heterocycles. The normalized spacial score (nSPS) is 27.1. The van der Waals surface area contributed by atoms with E-state index in [1.54, 1.807) is 6.07 Å². The van der Waals surface area contributed by atoms with Crippen LogP contribution in [0.2, 0.25) is 0 Å². The van der Waals surface area contributed by atoms with E-state index in [9.17, 15) is 14.7 Å². The highest BCUT2D eigenvalue weighted by atomic mass is 16.5. The first kappa shape index (κ1) is 12.5. The fourth-order valence-electron chi connectivity index (χ4n) is 1.85. The average Bonchev–Trinajstić information content (AvgIpc) is 2.71. The van der Waals surface area contributed by atoms with Crippen LogP contribution < -0.4 is 11.2 Å². The van der Waals surface area contributed by atoms with Gasteiger partial charge in [-0.15, -0.1) is 0 Å². The van der Waals surface area contributed by atoms with Crippen molar-refractivity contribution < 1.29 is 14.9 Å². The Labute approximate surface area is 101 Å². The van der Waals surface area contributed by atoms with Crippen LogP contribution in [0.5, 0.6) is 0 Å². The number of nitriles is 1. The van der Waals surface area contributed by atoms with E-state index in [0.717, 1.165) is 10.8 Å². The third-order valence-electron chi connectivity index (χ3n) is 2.73. The molecule has 8 heteroatoms. The number of hydrogen-bond donors (Lipinski definition) is 3. The van der Waals surface area contributed by atoms with E-state index in [4.69, 9.17) is 15.1 Å². The average molecular weight is 253 g/mol. The van der Waals surface area contributed by atoms with E-state index in [1.807, 2.05) is 4.98 Å². The van der Waals surface area contributed by atoms with Crippen LogP contribution in [-0.2, 0) is 4.74 Å². The third-order valence-corrected chi connectivity index (χ3v) is 2.73. The van der Waals surface area contributed by atoms with Gasteiger partial charge in [0.2, 0.25) is 0 Å². The minimum absolute atomic E-state index is 0.175. The second-order valence-electron chi connectivity index (χ2n) is 3.96. The van der Waals surface area contributed by atoms with Crippen LogP contribution in [0.3, 0.4) is 0 Å². The molecule has 0 aliphatic carbocycles. The Kier molecular flexibility index (Phi) is 3.29. The van der Waals surface area contributed by atoms with Crippen molar-refractivity contribution in [3.63, 3.8) is 0 Å². The predicted octanol–water partition coefficient (Wildman–Crippen LogP) is -1.95. The molecule has 2 heterocycles. The largest absolute Gasteiger partial charge is 0.394 e. The molecule has 1 fully saturated rings. The van der Waals surface area contributed by atoms with Gasteiger partial charge in [0.25, 0.3) is 5.56 Å². The third kappa shape index (κ3) is 2.06. The molecule has 1 aromatic heterocycles. The molecule has 0 saturated carbocycles. The second kappa shape index (κ2) is 4.73. The number of ether oxygens (including phenoxy) is 1. The fourth-order valence-corrected chi connectivity index (χ4v) is 1.85. The Bertz CT molecular complexity index is 599. The Morgan fingerprint density at radius 1 is 1.61 bits per heavy atom. The number of aromatic amines is 1. The van der Waals surface area contributed by atoms with Gasteiger partial charge in [-0.05, 0) is 0 Å². The number of nitrogens with one attached hydrogen (secondary N) is 1. The number of aromatic nitrogens is 2. The summed E-state index contributed by atoms with van der Waals surface area (Å²) < 4.78 is 6.21. The van der Waals surface area contributed by atoms with Crippen LogP contribution in [0.4, 0.5) is 0 Å². The summed E-state index contributed by atoms with van der Waals surface area (Å²) in [5.41, 5.74) is -1.82. The fraction of sp³-hybridized carbons (Fsp3) is 0.500. The molecule has 3 N–H and O–H groups in total. The maximum atomic E-state index is 11.6. The summed E-state index contributed by atoms with van der Waals surface area (Å²) in [5.74, 6) is 0. The molecule has 0 bridgehead atoms. The van der Waals surface area contributed by atoms with Crippen LogP contribution in [0, 0.1) is 11.3 Å². The van der Waals surface area contributed by atoms with Crippen LogP contribution in [0.25, 0.3) is 0 Å². The Morgan fingerprint density at radius 2 is 2.33 bits per heavy atom. The molecule has 0 spiro atoms. The monoisotopic (exact) mass is 253 g/mol. The highest BCUT2D eigenvalue weighted by Crippen LogP contribution is 2.27. The zero-order valence-corrected chi connectivity index (χ0v) is 9.24. The Hall–Kier alpha value is -1.95. The molecular weight excluding hydrogens is 242 g/mol. The highest BCUT2D eigenvalue weighted by Gasteiger charge is 2.35. The van der Waals surface area contributed by atoms with Crippen LogP contribution in [0.1, 0.15) is 18.2 Å². The van der Waals surface area contributed by atoms with E-state index < -0.39 is 29.7 Å². The molecular formula is C10H11N3O5. The van der Waals surface area contributed by atoms with E-state index in [-0.39, 0.29) is 18.6 Å². The van der Waals surface area contributed by atoms with Crippen LogP contribution >= 0.6 is 0 Å². The summed E-state index contributed by atoms with van der Waals surface area (Å²) in [7, 11) is 0. The first-order valence-corrected chi connectivity index (χ1v) is 5.26. The maximum Gasteiger partial charge on any atom is 0.330 e. The number of H-pyrrole nitrogens is 1. The van der Waals surface area contributed by atoms with Crippen molar-refractivity contribution in [3.05, 3.63) is 32.6 Å². The molecule has 1 aromatic rings. The molecule has 96 valence electrons. The van der Waals surface area contributed by atoms with Gasteiger partial charge in [-0.3, -0.25) is 14.3 Å². The summed E-state index contributed by atoms with van der Waals surface area (Å²) in [4.78, 5) is 24.7. The zero-order valence-electron chi connectivity index (χ0n) is 9.24. The second-order valence-corrected chi connectivity index (χ2v) is 3.96. The van der Waals surface area contributed by atoms with Crippen LogP contribution in [-0.4, -0.2) is 38.6 Å². The van der Waals surface area contributed by atoms with Gasteiger partial charge in [-0.2, -0.15) is 5.26 Å². The summed E-state index contributed by atoms with van der Waals surface area (Å²) in [6, 6.07) is 1.64. The smallest absolute Gasteiger partial charge is 0.330 e. The molecule has 18 heavy (non-hydrogen) atoms. The molecule has 1 aliphatic heterocycles. The minimum atomic E-state index is -1.02. The number of aliphatic hydroxyl groups excluding tert-OH is 2.